The molecular formula is C19H19F3N4O2. The molecule has 0 spiro atoms. The average molecular weight is 392 g/mol. The highest BCUT2D eigenvalue weighted by Crippen LogP contribution is 2.23. The fourth-order valence-electron chi connectivity index (χ4n) is 3.05. The molecule has 2 amide bonds. The number of pyridine rings is 1. The van der Waals surface area contributed by atoms with E-state index in [0.717, 1.165) is 36.9 Å². The molecule has 1 fully saturated rings. The molecule has 1 aromatic carbocycles. The lowest BCUT2D eigenvalue weighted by Crippen LogP contribution is -2.36. The number of nitrogens with one attached hydrogen (secondary N) is 1. The van der Waals surface area contributed by atoms with Gasteiger partial charge in [-0.2, -0.15) is 0 Å². The van der Waals surface area contributed by atoms with Crippen LogP contribution in [0.3, 0.4) is 0 Å². The lowest BCUT2D eigenvalue weighted by molar-refractivity contribution is -0.116. The smallest absolute Gasteiger partial charge is 0.257 e. The first kappa shape index (κ1) is 19.7. The molecule has 1 saturated heterocycles. The van der Waals surface area contributed by atoms with Gasteiger partial charge in [0.25, 0.3) is 5.91 Å². The Balaban J connectivity index is 1.69. The second-order valence-electron chi connectivity index (χ2n) is 6.50. The number of likely N-dealkylation sites (N-methyl/N-ethyl adjacent to an activating group) is 1. The van der Waals surface area contributed by atoms with Crippen LogP contribution in [0.2, 0.25) is 0 Å². The van der Waals surface area contributed by atoms with E-state index in [2.05, 4.69) is 10.3 Å². The topological polar surface area (TPSA) is 65.5 Å². The van der Waals surface area contributed by atoms with Crippen molar-refractivity contribution in [2.75, 3.05) is 36.9 Å². The van der Waals surface area contributed by atoms with Gasteiger partial charge in [0.05, 0.1) is 17.8 Å². The van der Waals surface area contributed by atoms with E-state index in [1.54, 1.807) is 18.3 Å². The number of nitrogens with zero attached hydrogens (tertiary/aromatic N) is 3. The Morgan fingerprint density at radius 1 is 1.14 bits per heavy atom. The van der Waals surface area contributed by atoms with E-state index in [1.807, 2.05) is 4.90 Å². The highest BCUT2D eigenvalue weighted by molar-refractivity contribution is 6.02. The number of carbonyl (C=O) groups is 2. The highest BCUT2D eigenvalue weighted by atomic mass is 19.2. The summed E-state index contributed by atoms with van der Waals surface area (Å²) >= 11 is 0. The van der Waals surface area contributed by atoms with Crippen molar-refractivity contribution >= 4 is 23.3 Å². The Hall–Kier alpha value is -3.10. The quantitative estimate of drug-likeness (QED) is 0.795. The molecule has 2 heterocycles. The van der Waals surface area contributed by atoms with Gasteiger partial charge in [-0.1, -0.05) is 0 Å². The lowest BCUT2D eigenvalue weighted by atomic mass is 10.2. The number of aromatic nitrogens is 1. The molecule has 2 aromatic rings. The Bertz CT molecular complexity index is 901. The van der Waals surface area contributed by atoms with E-state index in [9.17, 15) is 22.8 Å². The van der Waals surface area contributed by atoms with E-state index >= 15 is 0 Å². The van der Waals surface area contributed by atoms with Crippen molar-refractivity contribution in [3.05, 3.63) is 53.5 Å². The summed E-state index contributed by atoms with van der Waals surface area (Å²) < 4.78 is 39.9. The molecular weight excluding hydrogens is 373 g/mol. The van der Waals surface area contributed by atoms with Crippen molar-refractivity contribution in [1.82, 2.24) is 9.88 Å². The second-order valence-corrected chi connectivity index (χ2v) is 6.50. The van der Waals surface area contributed by atoms with Gasteiger partial charge >= 0.3 is 0 Å². The number of rotatable bonds is 5. The van der Waals surface area contributed by atoms with E-state index in [4.69, 9.17) is 0 Å². The molecule has 148 valence electrons. The van der Waals surface area contributed by atoms with Gasteiger partial charge in [0.1, 0.15) is 5.82 Å². The van der Waals surface area contributed by atoms with Crippen LogP contribution < -0.4 is 10.2 Å². The second kappa shape index (κ2) is 8.28. The van der Waals surface area contributed by atoms with Crippen LogP contribution in [0, 0.1) is 17.5 Å². The minimum absolute atomic E-state index is 0.360. The van der Waals surface area contributed by atoms with Crippen molar-refractivity contribution in [2.24, 2.45) is 0 Å². The van der Waals surface area contributed by atoms with E-state index in [1.165, 1.54) is 7.05 Å². The maximum atomic E-state index is 13.7. The summed E-state index contributed by atoms with van der Waals surface area (Å²) in [5.41, 5.74) is -0.136. The van der Waals surface area contributed by atoms with Crippen molar-refractivity contribution in [1.29, 1.82) is 0 Å². The lowest BCUT2D eigenvalue weighted by Gasteiger charge is -2.22. The largest absolute Gasteiger partial charge is 0.356 e. The average Bonchev–Trinajstić information content (AvgIpc) is 3.22. The van der Waals surface area contributed by atoms with Gasteiger partial charge in [-0.15, -0.1) is 0 Å². The Morgan fingerprint density at radius 2 is 1.86 bits per heavy atom. The summed E-state index contributed by atoms with van der Waals surface area (Å²) in [6.07, 6.45) is 3.63. The van der Waals surface area contributed by atoms with Crippen LogP contribution in [0.25, 0.3) is 0 Å². The highest BCUT2D eigenvalue weighted by Gasteiger charge is 2.24. The molecule has 1 aliphatic rings. The van der Waals surface area contributed by atoms with Gasteiger partial charge in [-0.05, 0) is 37.1 Å². The zero-order valence-electron chi connectivity index (χ0n) is 15.2. The predicted octanol–water partition coefficient (Wildman–Crippen LogP) is 2.81. The monoisotopic (exact) mass is 392 g/mol. The summed E-state index contributed by atoms with van der Waals surface area (Å²) in [4.78, 5) is 32.4. The molecule has 0 bridgehead atoms. The van der Waals surface area contributed by atoms with Gasteiger partial charge in [0.2, 0.25) is 5.91 Å². The summed E-state index contributed by atoms with van der Waals surface area (Å²) in [6, 6.07) is 4.89. The number of hydrogen-bond acceptors (Lipinski definition) is 4. The maximum Gasteiger partial charge on any atom is 0.257 e. The van der Waals surface area contributed by atoms with E-state index in [-0.39, 0.29) is 0 Å². The fourth-order valence-corrected chi connectivity index (χ4v) is 3.05. The maximum absolute atomic E-state index is 13.7. The summed E-state index contributed by atoms with van der Waals surface area (Å²) in [6.45, 7) is 1.21. The van der Waals surface area contributed by atoms with Gasteiger partial charge in [0, 0.05) is 26.3 Å². The number of halogens is 3. The van der Waals surface area contributed by atoms with Crippen LogP contribution in [0.4, 0.5) is 24.7 Å². The molecule has 0 atom stereocenters. The van der Waals surface area contributed by atoms with E-state index in [0.29, 0.717) is 17.4 Å². The van der Waals surface area contributed by atoms with Crippen LogP contribution in [0.5, 0.6) is 0 Å². The van der Waals surface area contributed by atoms with Crippen molar-refractivity contribution < 1.29 is 22.8 Å². The van der Waals surface area contributed by atoms with Crippen LogP contribution >= 0.6 is 0 Å². The van der Waals surface area contributed by atoms with Gasteiger partial charge in [-0.25, -0.2) is 18.2 Å². The number of hydrogen-bond donors (Lipinski definition) is 1. The van der Waals surface area contributed by atoms with Crippen LogP contribution in [-0.4, -0.2) is 48.4 Å². The van der Waals surface area contributed by atoms with Crippen LogP contribution in [0.1, 0.15) is 23.2 Å². The summed E-state index contributed by atoms with van der Waals surface area (Å²) in [7, 11) is 1.42. The Labute approximate surface area is 160 Å². The Morgan fingerprint density at radius 3 is 2.57 bits per heavy atom. The van der Waals surface area contributed by atoms with Crippen molar-refractivity contribution in [3.8, 4) is 0 Å². The third kappa shape index (κ3) is 4.08. The first-order valence-electron chi connectivity index (χ1n) is 8.77. The molecule has 0 radical (unpaired) electrons. The minimum atomic E-state index is -1.67. The first-order valence-corrected chi connectivity index (χ1v) is 8.77. The van der Waals surface area contributed by atoms with Crippen molar-refractivity contribution in [2.45, 2.75) is 12.8 Å². The number of amides is 2. The molecule has 0 aliphatic carbocycles. The van der Waals surface area contributed by atoms with Crippen LogP contribution in [-0.2, 0) is 4.79 Å². The van der Waals surface area contributed by atoms with Gasteiger partial charge < -0.3 is 15.1 Å². The SMILES string of the molecule is CN(CC(=O)Nc1ccc(F)c(F)c1F)C(=O)c1cccnc1N1CCCC1. The summed E-state index contributed by atoms with van der Waals surface area (Å²) in [5, 5.41) is 2.14. The van der Waals surface area contributed by atoms with Gasteiger partial charge in [-0.3, -0.25) is 9.59 Å². The molecule has 3 rings (SSSR count). The fraction of sp³-hybridized carbons (Fsp3) is 0.316. The zero-order chi connectivity index (χ0) is 20.3. The molecule has 1 aromatic heterocycles. The third-order valence-corrected chi connectivity index (χ3v) is 4.46. The predicted molar refractivity (Wildman–Crippen MR) is 97.6 cm³/mol. The molecule has 9 heteroatoms. The third-order valence-electron chi connectivity index (χ3n) is 4.46. The molecule has 28 heavy (non-hydrogen) atoms. The zero-order valence-corrected chi connectivity index (χ0v) is 15.2. The normalized spacial score (nSPS) is 13.5. The molecule has 1 aliphatic heterocycles. The van der Waals surface area contributed by atoms with Gasteiger partial charge in [0.15, 0.2) is 17.5 Å². The van der Waals surface area contributed by atoms with Crippen molar-refractivity contribution in [3.63, 3.8) is 0 Å². The standard InChI is InChI=1S/C19H19F3N4O2/c1-25(11-15(27)24-14-7-6-13(20)16(21)17(14)22)19(28)12-5-4-8-23-18(12)26-9-2-3-10-26/h4-8H,2-3,9-11H2,1H3,(H,24,27). The van der Waals surface area contributed by atoms with E-state index < -0.39 is 41.5 Å². The molecule has 0 unspecified atom stereocenters. The number of anilines is 2. The molecule has 1 N–H and O–H groups in total. The molecule has 0 saturated carbocycles. The summed E-state index contributed by atoms with van der Waals surface area (Å²) in [5.74, 6) is -5.13. The number of benzene rings is 1. The first-order chi connectivity index (χ1) is 13.4. The van der Waals surface area contributed by atoms with Crippen LogP contribution in [0.15, 0.2) is 30.5 Å². The molecule has 6 nitrogen and oxygen atoms in total. The minimum Gasteiger partial charge on any atom is -0.356 e. The number of carbonyl (C=O) groups excluding carboxylic acids is 2. The Kier molecular flexibility index (Phi) is 5.81.